The van der Waals surface area contributed by atoms with Gasteiger partial charge in [-0.05, 0) is 42.0 Å². The number of carbonyl (C=O) groups is 2. The first-order valence-corrected chi connectivity index (χ1v) is 8.30. The van der Waals surface area contributed by atoms with Crippen LogP contribution in [0.4, 0.5) is 13.2 Å². The Morgan fingerprint density at radius 2 is 1.65 bits per heavy atom. The van der Waals surface area contributed by atoms with E-state index in [9.17, 15) is 22.8 Å². The van der Waals surface area contributed by atoms with Crippen LogP contribution in [0.25, 0.3) is 0 Å². The SMILES string of the molecule is COC(=O)CC(NC(=O)c1ccc(C(F)(F)F)cc1)c1ccc(Br)cc1. The van der Waals surface area contributed by atoms with Crippen molar-refractivity contribution in [3.63, 3.8) is 0 Å². The van der Waals surface area contributed by atoms with Gasteiger partial charge in [-0.15, -0.1) is 0 Å². The number of benzene rings is 2. The first-order chi connectivity index (χ1) is 12.2. The van der Waals surface area contributed by atoms with Crippen LogP contribution in [0.2, 0.25) is 0 Å². The summed E-state index contributed by atoms with van der Waals surface area (Å²) in [6.45, 7) is 0. The normalized spacial score (nSPS) is 12.3. The molecule has 1 unspecified atom stereocenters. The molecule has 1 N–H and O–H groups in total. The van der Waals surface area contributed by atoms with Gasteiger partial charge in [-0.1, -0.05) is 28.1 Å². The van der Waals surface area contributed by atoms with Crippen LogP contribution in [0.3, 0.4) is 0 Å². The van der Waals surface area contributed by atoms with Gasteiger partial charge < -0.3 is 10.1 Å². The number of amides is 1. The van der Waals surface area contributed by atoms with Gasteiger partial charge in [-0.25, -0.2) is 0 Å². The average Bonchev–Trinajstić information content (AvgIpc) is 2.61. The molecule has 0 aliphatic rings. The fraction of sp³-hybridized carbons (Fsp3) is 0.222. The van der Waals surface area contributed by atoms with E-state index >= 15 is 0 Å². The van der Waals surface area contributed by atoms with Crippen molar-refractivity contribution >= 4 is 27.8 Å². The zero-order chi connectivity index (χ0) is 19.3. The van der Waals surface area contributed by atoms with Gasteiger partial charge in [-0.2, -0.15) is 13.2 Å². The third-order valence-electron chi connectivity index (χ3n) is 3.65. The van der Waals surface area contributed by atoms with Crippen LogP contribution >= 0.6 is 15.9 Å². The zero-order valence-corrected chi connectivity index (χ0v) is 15.2. The minimum Gasteiger partial charge on any atom is -0.469 e. The fourth-order valence-corrected chi connectivity index (χ4v) is 2.51. The smallest absolute Gasteiger partial charge is 0.416 e. The predicted octanol–water partition coefficient (Wildman–Crippen LogP) is 4.50. The molecule has 1 atom stereocenters. The third-order valence-corrected chi connectivity index (χ3v) is 4.18. The summed E-state index contributed by atoms with van der Waals surface area (Å²) >= 11 is 3.30. The molecule has 2 aromatic carbocycles. The summed E-state index contributed by atoms with van der Waals surface area (Å²) in [6, 6.07) is 10.1. The Balaban J connectivity index is 2.20. The lowest BCUT2D eigenvalue weighted by molar-refractivity contribution is -0.141. The second kappa shape index (κ2) is 8.35. The summed E-state index contributed by atoms with van der Waals surface area (Å²) in [7, 11) is 1.23. The monoisotopic (exact) mass is 429 g/mol. The molecule has 2 rings (SSSR count). The Labute approximate surface area is 156 Å². The highest BCUT2D eigenvalue weighted by Gasteiger charge is 2.30. The molecule has 0 saturated carbocycles. The largest absolute Gasteiger partial charge is 0.469 e. The number of halogens is 4. The van der Waals surface area contributed by atoms with Gasteiger partial charge in [-0.3, -0.25) is 9.59 Å². The van der Waals surface area contributed by atoms with Crippen LogP contribution in [0.5, 0.6) is 0 Å². The summed E-state index contributed by atoms with van der Waals surface area (Å²) in [5, 5.41) is 2.66. The summed E-state index contributed by atoms with van der Waals surface area (Å²) in [5.74, 6) is -1.11. The van der Waals surface area contributed by atoms with Crippen LogP contribution in [0.1, 0.15) is 33.9 Å². The number of carbonyl (C=O) groups excluding carboxylic acids is 2. The Kier molecular flexibility index (Phi) is 6.42. The Morgan fingerprint density at radius 3 is 2.15 bits per heavy atom. The maximum atomic E-state index is 12.6. The van der Waals surface area contributed by atoms with Gasteiger partial charge in [0.15, 0.2) is 0 Å². The molecule has 0 aliphatic carbocycles. The van der Waals surface area contributed by atoms with Gasteiger partial charge in [0.05, 0.1) is 25.1 Å². The molecule has 0 heterocycles. The van der Waals surface area contributed by atoms with Crippen LogP contribution in [0, 0.1) is 0 Å². The average molecular weight is 430 g/mol. The molecule has 0 saturated heterocycles. The van der Waals surface area contributed by atoms with E-state index in [0.29, 0.717) is 5.56 Å². The van der Waals surface area contributed by atoms with Gasteiger partial charge in [0, 0.05) is 10.0 Å². The van der Waals surface area contributed by atoms with Crippen molar-refractivity contribution in [2.45, 2.75) is 18.6 Å². The van der Waals surface area contributed by atoms with E-state index in [0.717, 1.165) is 28.7 Å². The van der Waals surface area contributed by atoms with Gasteiger partial charge in [0.25, 0.3) is 5.91 Å². The van der Waals surface area contributed by atoms with Gasteiger partial charge in [0.1, 0.15) is 0 Å². The molecule has 26 heavy (non-hydrogen) atoms. The molecule has 0 fully saturated rings. The molecule has 2 aromatic rings. The summed E-state index contributed by atoms with van der Waals surface area (Å²) in [5.41, 5.74) is -0.114. The molecular formula is C18H15BrF3NO3. The minimum atomic E-state index is -4.47. The molecule has 0 aliphatic heterocycles. The Hall–Kier alpha value is -2.35. The van der Waals surface area contributed by atoms with Crippen molar-refractivity contribution in [1.29, 1.82) is 0 Å². The van der Waals surface area contributed by atoms with Crippen LogP contribution in [-0.2, 0) is 15.7 Å². The first-order valence-electron chi connectivity index (χ1n) is 7.51. The number of esters is 1. The number of hydrogen-bond donors (Lipinski definition) is 1. The van der Waals surface area contributed by atoms with Crippen molar-refractivity contribution in [3.05, 3.63) is 69.7 Å². The van der Waals surface area contributed by atoms with E-state index in [-0.39, 0.29) is 12.0 Å². The third kappa shape index (κ3) is 5.32. The highest BCUT2D eigenvalue weighted by molar-refractivity contribution is 9.10. The molecule has 0 spiro atoms. The van der Waals surface area contributed by atoms with Gasteiger partial charge in [0.2, 0.25) is 0 Å². The van der Waals surface area contributed by atoms with Crippen LogP contribution < -0.4 is 5.32 Å². The standard InChI is InChI=1S/C18H15BrF3NO3/c1-26-16(24)10-15(11-4-8-14(19)9-5-11)23-17(25)12-2-6-13(7-3-12)18(20,21)22/h2-9,15H,10H2,1H3,(H,23,25). The van der Waals surface area contributed by atoms with Crippen molar-refractivity contribution in [3.8, 4) is 0 Å². The van der Waals surface area contributed by atoms with Crippen molar-refractivity contribution in [2.24, 2.45) is 0 Å². The van der Waals surface area contributed by atoms with E-state index < -0.39 is 29.7 Å². The molecule has 0 radical (unpaired) electrons. The second-order valence-corrected chi connectivity index (χ2v) is 6.35. The number of methoxy groups -OCH3 is 1. The number of rotatable bonds is 5. The quantitative estimate of drug-likeness (QED) is 0.711. The zero-order valence-electron chi connectivity index (χ0n) is 13.6. The molecule has 1 amide bonds. The van der Waals surface area contributed by atoms with E-state index in [2.05, 4.69) is 26.0 Å². The minimum absolute atomic E-state index is 0.0602. The maximum Gasteiger partial charge on any atom is 0.416 e. The lowest BCUT2D eigenvalue weighted by atomic mass is 10.0. The molecule has 0 aromatic heterocycles. The van der Waals surface area contributed by atoms with E-state index in [1.165, 1.54) is 7.11 Å². The second-order valence-electron chi connectivity index (χ2n) is 5.43. The van der Waals surface area contributed by atoms with E-state index in [1.54, 1.807) is 24.3 Å². The molecular weight excluding hydrogens is 415 g/mol. The number of nitrogens with one attached hydrogen (secondary N) is 1. The topological polar surface area (TPSA) is 55.4 Å². The fourth-order valence-electron chi connectivity index (χ4n) is 2.25. The Morgan fingerprint density at radius 1 is 1.08 bits per heavy atom. The summed E-state index contributed by atoms with van der Waals surface area (Å²) in [6.07, 6.45) is -4.58. The van der Waals surface area contributed by atoms with Crippen molar-refractivity contribution in [2.75, 3.05) is 7.11 Å². The molecule has 8 heteroatoms. The van der Waals surface area contributed by atoms with Crippen LogP contribution in [-0.4, -0.2) is 19.0 Å². The van der Waals surface area contributed by atoms with Crippen molar-refractivity contribution < 1.29 is 27.5 Å². The Bertz CT molecular complexity index is 774. The number of ether oxygens (including phenoxy) is 1. The number of hydrogen-bond acceptors (Lipinski definition) is 3. The highest BCUT2D eigenvalue weighted by atomic mass is 79.9. The lowest BCUT2D eigenvalue weighted by Crippen LogP contribution is -2.30. The summed E-state index contributed by atoms with van der Waals surface area (Å²) in [4.78, 5) is 24.0. The molecule has 4 nitrogen and oxygen atoms in total. The predicted molar refractivity (Wildman–Crippen MR) is 92.4 cm³/mol. The lowest BCUT2D eigenvalue weighted by Gasteiger charge is -2.18. The van der Waals surface area contributed by atoms with E-state index in [1.807, 2.05) is 0 Å². The van der Waals surface area contributed by atoms with Crippen molar-refractivity contribution in [1.82, 2.24) is 5.32 Å². The van der Waals surface area contributed by atoms with Gasteiger partial charge >= 0.3 is 12.1 Å². The highest BCUT2D eigenvalue weighted by Crippen LogP contribution is 2.29. The molecule has 138 valence electrons. The summed E-state index contributed by atoms with van der Waals surface area (Å²) < 4.78 is 43.3. The number of alkyl halides is 3. The first kappa shape index (κ1) is 20.0. The van der Waals surface area contributed by atoms with Crippen LogP contribution in [0.15, 0.2) is 53.0 Å². The van der Waals surface area contributed by atoms with E-state index in [4.69, 9.17) is 0 Å². The maximum absolute atomic E-state index is 12.6. The molecule has 0 bridgehead atoms.